The number of fused-ring (bicyclic) bond motifs is 1. The fraction of sp³-hybridized carbons (Fsp3) is 0.167. The minimum Gasteiger partial charge on any atom is -0.497 e. The first-order chi connectivity index (χ1) is 12.0. The second kappa shape index (κ2) is 7.04. The highest BCUT2D eigenvalue weighted by Crippen LogP contribution is 2.21. The van der Waals surface area contributed by atoms with Crippen LogP contribution in [-0.2, 0) is 4.79 Å². The summed E-state index contributed by atoms with van der Waals surface area (Å²) in [7, 11) is 1.59. The predicted octanol–water partition coefficient (Wildman–Crippen LogP) is 2.52. The first kappa shape index (κ1) is 16.5. The zero-order valence-corrected chi connectivity index (χ0v) is 13.7. The Morgan fingerprint density at radius 3 is 2.88 bits per heavy atom. The number of pyridine rings is 1. The number of ether oxygens (including phenoxy) is 2. The van der Waals surface area contributed by atoms with Gasteiger partial charge in [-0.1, -0.05) is 0 Å². The molecule has 7 heteroatoms. The van der Waals surface area contributed by atoms with Crippen LogP contribution in [0.4, 0.5) is 5.69 Å². The number of hydrogen-bond donors (Lipinski definition) is 1. The molecule has 0 bridgehead atoms. The van der Waals surface area contributed by atoms with Gasteiger partial charge in [-0.15, -0.1) is 0 Å². The highest BCUT2D eigenvalue weighted by Gasteiger charge is 2.08. The fourth-order valence-electron chi connectivity index (χ4n) is 2.24. The summed E-state index contributed by atoms with van der Waals surface area (Å²) < 4.78 is 15.4. The Balaban J connectivity index is 1.66. The number of aromatic nitrogens is 1. The summed E-state index contributed by atoms with van der Waals surface area (Å²) >= 11 is 0. The number of hydrogen-bond acceptors (Lipinski definition) is 6. The van der Waals surface area contributed by atoms with E-state index in [1.165, 1.54) is 12.3 Å². The first-order valence-electron chi connectivity index (χ1n) is 7.51. The maximum atomic E-state index is 12.0. The number of amides is 1. The minimum atomic E-state index is -0.408. The predicted molar refractivity (Wildman–Crippen MR) is 92.1 cm³/mol. The smallest absolute Gasteiger partial charge is 0.262 e. The first-order valence-corrected chi connectivity index (χ1v) is 7.51. The second-order valence-electron chi connectivity index (χ2n) is 5.34. The van der Waals surface area contributed by atoms with Crippen molar-refractivity contribution in [3.63, 3.8) is 0 Å². The van der Waals surface area contributed by atoms with Crippen molar-refractivity contribution in [3.8, 4) is 11.5 Å². The average Bonchev–Trinajstić information content (AvgIpc) is 2.60. The van der Waals surface area contributed by atoms with E-state index in [1.807, 2.05) is 12.1 Å². The molecule has 1 amide bonds. The molecule has 3 aromatic rings. The van der Waals surface area contributed by atoms with Crippen LogP contribution in [0.5, 0.6) is 11.5 Å². The topological polar surface area (TPSA) is 90.7 Å². The third kappa shape index (κ3) is 3.95. The fourth-order valence-corrected chi connectivity index (χ4v) is 2.24. The Kier molecular flexibility index (Phi) is 4.65. The van der Waals surface area contributed by atoms with E-state index in [9.17, 15) is 9.59 Å². The normalized spacial score (nSPS) is 10.5. The van der Waals surface area contributed by atoms with Gasteiger partial charge in [-0.25, -0.2) is 0 Å². The maximum Gasteiger partial charge on any atom is 0.262 e. The molecule has 0 spiro atoms. The molecule has 0 radical (unpaired) electrons. The van der Waals surface area contributed by atoms with E-state index in [-0.39, 0.29) is 17.8 Å². The lowest BCUT2D eigenvalue weighted by molar-refractivity contribution is -0.118. The monoisotopic (exact) mass is 340 g/mol. The van der Waals surface area contributed by atoms with E-state index in [0.29, 0.717) is 17.2 Å². The van der Waals surface area contributed by atoms with Gasteiger partial charge in [0.2, 0.25) is 11.2 Å². The van der Waals surface area contributed by atoms with Gasteiger partial charge in [0.15, 0.2) is 6.61 Å². The summed E-state index contributed by atoms with van der Waals surface area (Å²) in [5, 5.41) is 3.53. The van der Waals surface area contributed by atoms with Crippen LogP contribution in [0, 0.1) is 6.92 Å². The van der Waals surface area contributed by atoms with E-state index >= 15 is 0 Å². The van der Waals surface area contributed by atoms with Gasteiger partial charge in [-0.05, 0) is 25.1 Å². The lowest BCUT2D eigenvalue weighted by Gasteiger charge is -2.08. The van der Waals surface area contributed by atoms with Crippen molar-refractivity contribution in [2.24, 2.45) is 0 Å². The Morgan fingerprint density at radius 2 is 2.12 bits per heavy atom. The molecule has 0 saturated carbocycles. The number of anilines is 1. The highest BCUT2D eigenvalue weighted by molar-refractivity contribution is 5.94. The molecule has 2 heterocycles. The van der Waals surface area contributed by atoms with Gasteiger partial charge in [0.25, 0.3) is 5.91 Å². The molecule has 25 heavy (non-hydrogen) atoms. The number of nitrogens with one attached hydrogen (secondary N) is 1. The summed E-state index contributed by atoms with van der Waals surface area (Å²) in [5.41, 5.74) is 0.950. The van der Waals surface area contributed by atoms with Crippen molar-refractivity contribution in [1.82, 2.24) is 4.98 Å². The van der Waals surface area contributed by atoms with Gasteiger partial charge in [-0.2, -0.15) is 0 Å². The molecular formula is C18H16N2O5. The lowest BCUT2D eigenvalue weighted by Crippen LogP contribution is -2.22. The average molecular weight is 340 g/mol. The van der Waals surface area contributed by atoms with Crippen LogP contribution in [0.3, 0.4) is 0 Å². The van der Waals surface area contributed by atoms with Crippen LogP contribution >= 0.6 is 0 Å². The van der Waals surface area contributed by atoms with Gasteiger partial charge >= 0.3 is 0 Å². The molecule has 1 aromatic carbocycles. The molecule has 2 aromatic heterocycles. The standard InChI is InChI=1S/C18H16N2O5/c1-11-5-16(21)17(9-24-11)25-10-18(22)20-13-6-12-3-4-14(23-2)7-15(12)19-8-13/h3-9H,10H2,1-2H3,(H,20,22). The van der Waals surface area contributed by atoms with E-state index in [4.69, 9.17) is 13.9 Å². The van der Waals surface area contributed by atoms with E-state index in [2.05, 4.69) is 10.3 Å². The van der Waals surface area contributed by atoms with Crippen molar-refractivity contribution in [2.75, 3.05) is 19.0 Å². The molecule has 0 atom stereocenters. The highest BCUT2D eigenvalue weighted by atomic mass is 16.5. The molecule has 7 nitrogen and oxygen atoms in total. The molecule has 128 valence electrons. The molecule has 1 N–H and O–H groups in total. The van der Waals surface area contributed by atoms with Gasteiger partial charge in [0.1, 0.15) is 17.8 Å². The maximum absolute atomic E-state index is 12.0. The Morgan fingerprint density at radius 1 is 1.28 bits per heavy atom. The number of nitrogens with zero attached hydrogens (tertiary/aromatic N) is 1. The van der Waals surface area contributed by atoms with E-state index < -0.39 is 5.91 Å². The van der Waals surface area contributed by atoms with Crippen LogP contribution in [0.2, 0.25) is 0 Å². The molecule has 0 aliphatic carbocycles. The van der Waals surface area contributed by atoms with Crippen LogP contribution in [0.25, 0.3) is 10.9 Å². The lowest BCUT2D eigenvalue weighted by atomic mass is 10.2. The SMILES string of the molecule is COc1ccc2cc(NC(=O)COc3coc(C)cc3=O)cnc2c1. The Hall–Kier alpha value is -3.35. The number of methoxy groups -OCH3 is 1. The number of benzene rings is 1. The second-order valence-corrected chi connectivity index (χ2v) is 5.34. The molecule has 0 aliphatic heterocycles. The quantitative estimate of drug-likeness (QED) is 0.767. The molecule has 0 fully saturated rings. The van der Waals surface area contributed by atoms with Crippen molar-refractivity contribution in [3.05, 3.63) is 58.8 Å². The van der Waals surface area contributed by atoms with Gasteiger partial charge in [0, 0.05) is 17.5 Å². The third-order valence-electron chi connectivity index (χ3n) is 3.46. The number of carbonyl (C=O) groups is 1. The summed E-state index contributed by atoms with van der Waals surface area (Å²) in [4.78, 5) is 27.9. The minimum absolute atomic E-state index is 0.00974. The third-order valence-corrected chi connectivity index (χ3v) is 3.46. The van der Waals surface area contributed by atoms with Crippen LogP contribution < -0.4 is 20.2 Å². The summed E-state index contributed by atoms with van der Waals surface area (Å²) in [6.07, 6.45) is 2.73. The van der Waals surface area contributed by atoms with E-state index in [0.717, 1.165) is 10.9 Å². The number of aryl methyl sites for hydroxylation is 1. The van der Waals surface area contributed by atoms with Crippen molar-refractivity contribution in [2.45, 2.75) is 6.92 Å². The largest absolute Gasteiger partial charge is 0.497 e. The van der Waals surface area contributed by atoms with Crippen molar-refractivity contribution < 1.29 is 18.7 Å². The van der Waals surface area contributed by atoms with Gasteiger partial charge in [-0.3, -0.25) is 14.6 Å². The zero-order chi connectivity index (χ0) is 17.8. The van der Waals surface area contributed by atoms with Gasteiger partial charge in [0.05, 0.1) is 24.5 Å². The van der Waals surface area contributed by atoms with Crippen molar-refractivity contribution >= 4 is 22.5 Å². The summed E-state index contributed by atoms with van der Waals surface area (Å²) in [6.45, 7) is 1.34. The Bertz CT molecular complexity index is 981. The molecule has 0 unspecified atom stereocenters. The summed E-state index contributed by atoms with van der Waals surface area (Å²) in [6, 6.07) is 8.57. The number of rotatable bonds is 5. The molecule has 0 saturated heterocycles. The van der Waals surface area contributed by atoms with Gasteiger partial charge < -0.3 is 19.2 Å². The molecule has 3 rings (SSSR count). The van der Waals surface area contributed by atoms with Crippen LogP contribution in [0.15, 0.2) is 52.0 Å². The molecule has 0 aliphatic rings. The number of carbonyl (C=O) groups excluding carboxylic acids is 1. The van der Waals surface area contributed by atoms with Crippen LogP contribution in [-0.4, -0.2) is 24.6 Å². The molecular weight excluding hydrogens is 324 g/mol. The zero-order valence-electron chi connectivity index (χ0n) is 13.7. The summed E-state index contributed by atoms with van der Waals surface area (Å²) in [5.74, 6) is 0.766. The Labute approximate surface area is 143 Å². The van der Waals surface area contributed by atoms with Crippen molar-refractivity contribution in [1.29, 1.82) is 0 Å². The van der Waals surface area contributed by atoms with Crippen LogP contribution in [0.1, 0.15) is 5.76 Å². The van der Waals surface area contributed by atoms with E-state index in [1.54, 1.807) is 32.4 Å².